The van der Waals surface area contributed by atoms with Crippen LogP contribution >= 0.6 is 12.4 Å². The van der Waals surface area contributed by atoms with Crippen molar-refractivity contribution in [2.75, 3.05) is 6.54 Å². The van der Waals surface area contributed by atoms with Gasteiger partial charge in [0.1, 0.15) is 0 Å². The molecule has 0 unspecified atom stereocenters. The fourth-order valence-electron chi connectivity index (χ4n) is 3.45. The van der Waals surface area contributed by atoms with Crippen molar-refractivity contribution < 1.29 is 13.6 Å². The zero-order chi connectivity index (χ0) is 17.1. The topological polar surface area (TPSA) is 55.1 Å². The zero-order valence-corrected chi connectivity index (χ0v) is 15.1. The second-order valence-electron chi connectivity index (χ2n) is 7.24. The fraction of sp³-hybridized carbons (Fsp3) is 0.611. The molecule has 0 aromatic heterocycles. The molecule has 1 aromatic carbocycles. The minimum Gasteiger partial charge on any atom is -0.347 e. The van der Waals surface area contributed by atoms with Gasteiger partial charge in [0.15, 0.2) is 11.6 Å². The molecular weight excluding hydrogens is 334 g/mol. The molecule has 1 fully saturated rings. The maximum absolute atomic E-state index is 13.4. The van der Waals surface area contributed by atoms with Crippen molar-refractivity contribution >= 4 is 18.3 Å². The van der Waals surface area contributed by atoms with Crippen LogP contribution in [0.2, 0.25) is 0 Å². The molecule has 2 rings (SSSR count). The molecule has 24 heavy (non-hydrogen) atoms. The normalized spacial score (nSPS) is 17.0. The highest BCUT2D eigenvalue weighted by atomic mass is 35.5. The van der Waals surface area contributed by atoms with Gasteiger partial charge < -0.3 is 11.1 Å². The predicted octanol–water partition coefficient (Wildman–Crippen LogP) is 4.04. The van der Waals surface area contributed by atoms with Crippen molar-refractivity contribution in [2.24, 2.45) is 11.1 Å². The maximum Gasteiger partial charge on any atom is 0.221 e. The molecule has 3 N–H and O–H groups in total. The summed E-state index contributed by atoms with van der Waals surface area (Å²) in [5, 5.41) is 2.94. The fourth-order valence-corrected chi connectivity index (χ4v) is 3.45. The third kappa shape index (κ3) is 4.90. The van der Waals surface area contributed by atoms with Gasteiger partial charge in [-0.05, 0) is 56.3 Å². The number of hydrogen-bond donors (Lipinski definition) is 2. The van der Waals surface area contributed by atoms with Gasteiger partial charge in [-0.15, -0.1) is 12.4 Å². The molecule has 3 nitrogen and oxygen atoms in total. The number of nitrogens with one attached hydrogen (secondary N) is 1. The molecule has 1 aromatic rings. The Morgan fingerprint density at radius 1 is 1.21 bits per heavy atom. The Kier molecular flexibility index (Phi) is 7.17. The lowest BCUT2D eigenvalue weighted by molar-refractivity contribution is -0.125. The molecule has 0 spiro atoms. The molecule has 6 heteroatoms. The average Bonchev–Trinajstić information content (AvgIpc) is 2.50. The van der Waals surface area contributed by atoms with Crippen molar-refractivity contribution in [1.29, 1.82) is 0 Å². The number of nitrogens with two attached hydrogens (primary N) is 1. The molecule has 0 aliphatic heterocycles. The van der Waals surface area contributed by atoms with E-state index in [1.807, 2.05) is 0 Å². The summed E-state index contributed by atoms with van der Waals surface area (Å²) in [6, 6.07) is 3.72. The Morgan fingerprint density at radius 2 is 1.83 bits per heavy atom. The molecule has 0 radical (unpaired) electrons. The molecule has 136 valence electrons. The van der Waals surface area contributed by atoms with Crippen LogP contribution in [0.5, 0.6) is 0 Å². The van der Waals surface area contributed by atoms with E-state index in [0.717, 1.165) is 37.8 Å². The van der Waals surface area contributed by atoms with Gasteiger partial charge in [-0.2, -0.15) is 0 Å². The summed E-state index contributed by atoms with van der Waals surface area (Å²) in [6.07, 6.45) is 5.75. The average molecular weight is 361 g/mol. The summed E-state index contributed by atoms with van der Waals surface area (Å²) >= 11 is 0. The van der Waals surface area contributed by atoms with Gasteiger partial charge >= 0.3 is 0 Å². The van der Waals surface area contributed by atoms with Crippen LogP contribution in [0, 0.1) is 17.0 Å². The highest BCUT2D eigenvalue weighted by Crippen LogP contribution is 2.38. The van der Waals surface area contributed by atoms with Crippen molar-refractivity contribution in [3.05, 3.63) is 35.4 Å². The van der Waals surface area contributed by atoms with Crippen LogP contribution in [0.1, 0.15) is 57.9 Å². The predicted molar refractivity (Wildman–Crippen MR) is 94.0 cm³/mol. The van der Waals surface area contributed by atoms with Crippen LogP contribution in [-0.4, -0.2) is 12.5 Å². The van der Waals surface area contributed by atoms with Crippen molar-refractivity contribution in [3.63, 3.8) is 0 Å². The number of halogens is 3. The number of carbonyl (C=O) groups excluding carboxylic acids is 1. The summed E-state index contributed by atoms with van der Waals surface area (Å²) < 4.78 is 26.5. The van der Waals surface area contributed by atoms with Gasteiger partial charge in [0, 0.05) is 6.42 Å². The molecule has 1 amide bonds. The van der Waals surface area contributed by atoms with E-state index in [2.05, 4.69) is 5.32 Å². The van der Waals surface area contributed by atoms with Gasteiger partial charge in [-0.3, -0.25) is 4.79 Å². The Morgan fingerprint density at radius 3 is 2.38 bits per heavy atom. The van der Waals surface area contributed by atoms with E-state index < -0.39 is 17.2 Å². The Balaban J connectivity index is 0.00000288. The molecule has 0 atom stereocenters. The van der Waals surface area contributed by atoms with Gasteiger partial charge in [0.2, 0.25) is 5.91 Å². The monoisotopic (exact) mass is 360 g/mol. The SMILES string of the molecule is CC(C)(NC(=O)CC1(CN)CCCCC1)c1ccc(F)c(F)c1.Cl. The van der Waals surface area contributed by atoms with E-state index >= 15 is 0 Å². The van der Waals surface area contributed by atoms with Gasteiger partial charge in [0.25, 0.3) is 0 Å². The van der Waals surface area contributed by atoms with Gasteiger partial charge in [-0.25, -0.2) is 8.78 Å². The van der Waals surface area contributed by atoms with Crippen LogP contribution in [0.4, 0.5) is 8.78 Å². The summed E-state index contributed by atoms with van der Waals surface area (Å²) in [7, 11) is 0. The van der Waals surface area contributed by atoms with Crippen LogP contribution in [0.15, 0.2) is 18.2 Å². The first-order chi connectivity index (χ1) is 10.8. The molecule has 1 saturated carbocycles. The number of benzene rings is 1. The molecular formula is C18H27ClF2N2O. The van der Waals surface area contributed by atoms with Crippen molar-refractivity contribution in [1.82, 2.24) is 5.32 Å². The summed E-state index contributed by atoms with van der Waals surface area (Å²) in [4.78, 5) is 12.5. The van der Waals surface area contributed by atoms with Gasteiger partial charge in [0.05, 0.1) is 5.54 Å². The van der Waals surface area contributed by atoms with E-state index in [0.29, 0.717) is 18.5 Å². The van der Waals surface area contributed by atoms with Gasteiger partial charge in [-0.1, -0.05) is 25.3 Å². The largest absolute Gasteiger partial charge is 0.347 e. The summed E-state index contributed by atoms with van der Waals surface area (Å²) in [5.74, 6) is -1.89. The third-order valence-electron chi connectivity index (χ3n) is 4.98. The van der Waals surface area contributed by atoms with Crippen LogP contribution in [0.25, 0.3) is 0 Å². The Hall–Kier alpha value is -1.20. The molecule has 1 aliphatic rings. The summed E-state index contributed by atoms with van der Waals surface area (Å²) in [6.45, 7) is 4.08. The minimum atomic E-state index is -0.907. The number of rotatable bonds is 5. The highest BCUT2D eigenvalue weighted by Gasteiger charge is 2.34. The number of hydrogen-bond acceptors (Lipinski definition) is 2. The van der Waals surface area contributed by atoms with Crippen LogP contribution < -0.4 is 11.1 Å². The van der Waals surface area contributed by atoms with E-state index in [1.54, 1.807) is 13.8 Å². The molecule has 1 aliphatic carbocycles. The first-order valence-electron chi connectivity index (χ1n) is 8.25. The van der Waals surface area contributed by atoms with E-state index in [1.165, 1.54) is 12.5 Å². The first kappa shape index (κ1) is 20.8. The number of carbonyl (C=O) groups is 1. The molecule has 0 saturated heterocycles. The Bertz CT molecular complexity index is 572. The third-order valence-corrected chi connectivity index (χ3v) is 4.98. The highest BCUT2D eigenvalue weighted by molar-refractivity contribution is 5.85. The van der Waals surface area contributed by atoms with Crippen LogP contribution in [-0.2, 0) is 10.3 Å². The van der Waals surface area contributed by atoms with Crippen molar-refractivity contribution in [3.8, 4) is 0 Å². The minimum absolute atomic E-state index is 0. The zero-order valence-electron chi connectivity index (χ0n) is 14.3. The van der Waals surface area contributed by atoms with E-state index in [9.17, 15) is 13.6 Å². The maximum atomic E-state index is 13.4. The summed E-state index contributed by atoms with van der Waals surface area (Å²) in [5.41, 5.74) is 5.58. The lowest BCUT2D eigenvalue weighted by Crippen LogP contribution is -2.45. The van der Waals surface area contributed by atoms with E-state index in [-0.39, 0.29) is 23.7 Å². The van der Waals surface area contributed by atoms with E-state index in [4.69, 9.17) is 5.73 Å². The molecule has 0 heterocycles. The van der Waals surface area contributed by atoms with Crippen LogP contribution in [0.3, 0.4) is 0 Å². The molecule has 0 bridgehead atoms. The second-order valence-corrected chi connectivity index (χ2v) is 7.24. The number of amides is 1. The first-order valence-corrected chi connectivity index (χ1v) is 8.25. The second kappa shape index (κ2) is 8.26. The van der Waals surface area contributed by atoms with Crippen molar-refractivity contribution in [2.45, 2.75) is 57.9 Å². The quantitative estimate of drug-likeness (QED) is 0.832. The lowest BCUT2D eigenvalue weighted by Gasteiger charge is -2.37. The Labute approximate surface area is 148 Å². The standard InChI is InChI=1S/C18H26F2N2O.ClH/c1-17(2,13-6-7-14(19)15(20)10-13)22-16(23)11-18(12-21)8-4-3-5-9-18;/h6-7,10H,3-5,8-9,11-12,21H2,1-2H3,(H,22,23);1H. The smallest absolute Gasteiger partial charge is 0.221 e. The lowest BCUT2D eigenvalue weighted by atomic mass is 9.71.